The molecule has 0 amide bonds. The average molecular weight is 483 g/mol. The van der Waals surface area contributed by atoms with Crippen LogP contribution in [0.5, 0.6) is 0 Å². The number of guanidine groups is 1. The van der Waals surface area contributed by atoms with Gasteiger partial charge in [-0.15, -0.1) is 0 Å². The maximum Gasteiger partial charge on any atom is 0.226 e. The summed E-state index contributed by atoms with van der Waals surface area (Å²) in [5, 5.41) is 15.3. The molecule has 1 aromatic rings. The van der Waals surface area contributed by atoms with Crippen molar-refractivity contribution in [2.24, 2.45) is 21.8 Å². The molecule has 1 aliphatic heterocycles. The number of rotatable bonds is 12. The van der Waals surface area contributed by atoms with Crippen molar-refractivity contribution in [1.82, 2.24) is 9.80 Å². The quantitative estimate of drug-likeness (QED) is 0.457. The van der Waals surface area contributed by atoms with E-state index in [1.807, 2.05) is 12.1 Å². The Morgan fingerprint density at radius 1 is 1.03 bits per heavy atom. The molecule has 0 spiro atoms. The second-order valence-corrected chi connectivity index (χ2v) is 11.5. The first-order valence-corrected chi connectivity index (χ1v) is 13.9. The lowest BCUT2D eigenvalue weighted by Crippen LogP contribution is -2.37. The first kappa shape index (κ1) is 27.5. The van der Waals surface area contributed by atoms with E-state index < -0.39 is 0 Å². The van der Waals surface area contributed by atoms with Crippen molar-refractivity contribution in [3.8, 4) is 0 Å². The van der Waals surface area contributed by atoms with Gasteiger partial charge in [-0.05, 0) is 87.8 Å². The fourth-order valence-corrected chi connectivity index (χ4v) is 4.81. The minimum absolute atomic E-state index is 0.139. The summed E-state index contributed by atoms with van der Waals surface area (Å²) >= 11 is 0. The first-order chi connectivity index (χ1) is 16.7. The Morgan fingerprint density at radius 3 is 2.29 bits per heavy atom. The molecule has 0 aromatic heterocycles. The van der Waals surface area contributed by atoms with Crippen LogP contribution in [0.1, 0.15) is 79.1 Å². The molecule has 0 N–H and O–H groups in total. The molecule has 6 heteroatoms. The molecular formula is C29H48N5O-. The van der Waals surface area contributed by atoms with Gasteiger partial charge in [-0.25, -0.2) is 9.98 Å². The highest BCUT2D eigenvalue weighted by atomic mass is 16.3. The van der Waals surface area contributed by atoms with Crippen molar-refractivity contribution < 1.29 is 5.11 Å². The molecule has 1 aromatic carbocycles. The van der Waals surface area contributed by atoms with Crippen LogP contribution in [0.15, 0.2) is 28.2 Å². The van der Waals surface area contributed by atoms with Crippen LogP contribution < -0.4 is 20.6 Å². The molecule has 0 radical (unpaired) electrons. The van der Waals surface area contributed by atoms with E-state index in [-0.39, 0.29) is 5.88 Å². The number of hydrogen-bond donors (Lipinski definition) is 0. The van der Waals surface area contributed by atoms with Gasteiger partial charge >= 0.3 is 0 Å². The van der Waals surface area contributed by atoms with E-state index in [0.29, 0.717) is 17.9 Å². The fraction of sp³-hybridized carbons (Fsp3) is 0.724. The summed E-state index contributed by atoms with van der Waals surface area (Å²) in [4.78, 5) is 16.6. The van der Waals surface area contributed by atoms with E-state index in [0.717, 1.165) is 80.5 Å². The number of aliphatic imine (C=N–C) groups is 1. The van der Waals surface area contributed by atoms with Crippen LogP contribution in [-0.2, 0) is 0 Å². The Bertz CT molecular complexity index is 934. The van der Waals surface area contributed by atoms with Gasteiger partial charge in [0.15, 0.2) is 0 Å². The van der Waals surface area contributed by atoms with Crippen LogP contribution in [0.2, 0.25) is 0 Å². The Labute approximate surface area is 213 Å². The van der Waals surface area contributed by atoms with Gasteiger partial charge in [0.2, 0.25) is 5.96 Å². The standard InChI is InChI=1S/C29H49N5O/c1-22(2)15-19-33(20-16-23(3)4)28(35)24-13-14-26-27(21-24)34(18-10-17-32(5)6)29(31-26)30-25-11-8-7-9-12-25/h13-14,21-23,25,35H,7-12,15-20H2,1-6H3/p-1. The molecule has 0 atom stereocenters. The van der Waals surface area contributed by atoms with Gasteiger partial charge in [0.25, 0.3) is 0 Å². The molecule has 196 valence electrons. The summed E-state index contributed by atoms with van der Waals surface area (Å²) in [5.74, 6) is 2.13. The van der Waals surface area contributed by atoms with Crippen molar-refractivity contribution in [2.75, 3.05) is 45.2 Å². The average Bonchev–Trinajstić information content (AvgIpc) is 3.15. The molecule has 6 nitrogen and oxygen atoms in total. The highest BCUT2D eigenvalue weighted by Gasteiger charge is 2.23. The third-order valence-electron chi connectivity index (χ3n) is 7.07. The van der Waals surface area contributed by atoms with E-state index in [1.54, 1.807) is 0 Å². The molecule has 0 saturated heterocycles. The normalized spacial score (nSPS) is 18.5. The number of anilines is 1. The SMILES string of the molecule is CC(C)CCN(CCC(C)C)C([O-])=c1ccc2c(c1)N(CCCN(C)C)C(=NC1CCCCC1)N=2. The number of fused-ring (bicyclic) bond motifs is 1. The van der Waals surface area contributed by atoms with Gasteiger partial charge in [0, 0.05) is 19.6 Å². The molecule has 1 aliphatic carbocycles. The van der Waals surface area contributed by atoms with Crippen LogP contribution >= 0.6 is 0 Å². The smallest absolute Gasteiger partial charge is 0.226 e. The van der Waals surface area contributed by atoms with Gasteiger partial charge < -0.3 is 19.8 Å². The second-order valence-electron chi connectivity index (χ2n) is 11.5. The third-order valence-corrected chi connectivity index (χ3v) is 7.07. The van der Waals surface area contributed by atoms with Crippen LogP contribution in [-0.4, -0.2) is 62.1 Å². The van der Waals surface area contributed by atoms with E-state index in [9.17, 15) is 5.11 Å². The van der Waals surface area contributed by atoms with Gasteiger partial charge in [-0.3, -0.25) is 0 Å². The predicted molar refractivity (Wildman–Crippen MR) is 146 cm³/mol. The number of benzene rings is 1. The van der Waals surface area contributed by atoms with Crippen LogP contribution in [0, 0.1) is 11.8 Å². The van der Waals surface area contributed by atoms with Crippen molar-refractivity contribution in [3.63, 3.8) is 0 Å². The lowest BCUT2D eigenvalue weighted by Gasteiger charge is -2.33. The number of hydrogen-bond acceptors (Lipinski definition) is 4. The summed E-state index contributed by atoms with van der Waals surface area (Å²) in [6.07, 6.45) is 9.24. The number of nitrogens with zero attached hydrogens (tertiary/aromatic N) is 5. The molecule has 0 bridgehead atoms. The van der Waals surface area contributed by atoms with Crippen LogP contribution in [0.3, 0.4) is 0 Å². The van der Waals surface area contributed by atoms with Crippen LogP contribution in [0.4, 0.5) is 5.69 Å². The van der Waals surface area contributed by atoms with Crippen molar-refractivity contribution >= 4 is 17.5 Å². The summed E-state index contributed by atoms with van der Waals surface area (Å²) in [6, 6.07) is 6.42. The summed E-state index contributed by atoms with van der Waals surface area (Å²) in [6.45, 7) is 12.4. The first-order valence-electron chi connectivity index (χ1n) is 13.9. The second kappa shape index (κ2) is 13.3. The zero-order valence-corrected chi connectivity index (χ0v) is 23.1. The summed E-state index contributed by atoms with van der Waals surface area (Å²) in [7, 11) is 4.22. The molecule has 1 heterocycles. The van der Waals surface area contributed by atoms with Gasteiger partial charge in [0.1, 0.15) is 0 Å². The van der Waals surface area contributed by atoms with Crippen molar-refractivity contribution in [3.05, 3.63) is 28.8 Å². The van der Waals surface area contributed by atoms with Crippen molar-refractivity contribution in [1.29, 1.82) is 0 Å². The van der Waals surface area contributed by atoms with Gasteiger partial charge in [-0.2, -0.15) is 0 Å². The van der Waals surface area contributed by atoms with Crippen LogP contribution in [0.25, 0.3) is 5.88 Å². The molecule has 1 saturated carbocycles. The largest absolute Gasteiger partial charge is 0.860 e. The van der Waals surface area contributed by atoms with Gasteiger partial charge in [-0.1, -0.05) is 53.0 Å². The predicted octanol–water partition coefficient (Wildman–Crippen LogP) is 3.59. The van der Waals surface area contributed by atoms with E-state index >= 15 is 0 Å². The highest BCUT2D eigenvalue weighted by molar-refractivity contribution is 6.00. The monoisotopic (exact) mass is 482 g/mol. The van der Waals surface area contributed by atoms with E-state index in [4.69, 9.17) is 9.98 Å². The third kappa shape index (κ3) is 8.23. The van der Waals surface area contributed by atoms with E-state index in [2.05, 4.69) is 62.6 Å². The minimum Gasteiger partial charge on any atom is -0.860 e. The zero-order valence-electron chi connectivity index (χ0n) is 23.1. The maximum atomic E-state index is 13.6. The summed E-state index contributed by atoms with van der Waals surface area (Å²) in [5.41, 5.74) is 1.04. The molecule has 2 aliphatic rings. The summed E-state index contributed by atoms with van der Waals surface area (Å²) < 4.78 is 0. The lowest BCUT2D eigenvalue weighted by atomic mass is 9.96. The minimum atomic E-state index is 0.139. The van der Waals surface area contributed by atoms with Gasteiger partial charge in [0.05, 0.1) is 17.1 Å². The molecule has 35 heavy (non-hydrogen) atoms. The molecular weight excluding hydrogens is 434 g/mol. The lowest BCUT2D eigenvalue weighted by molar-refractivity contribution is -0.273. The maximum absolute atomic E-state index is 13.6. The Balaban J connectivity index is 1.92. The zero-order chi connectivity index (χ0) is 25.4. The van der Waals surface area contributed by atoms with Crippen molar-refractivity contribution in [2.45, 2.75) is 85.1 Å². The van der Waals surface area contributed by atoms with E-state index in [1.165, 1.54) is 19.3 Å². The Kier molecular flexibility index (Phi) is 10.4. The Morgan fingerprint density at radius 2 is 1.69 bits per heavy atom. The highest BCUT2D eigenvalue weighted by Crippen LogP contribution is 2.23. The fourth-order valence-electron chi connectivity index (χ4n) is 4.81. The molecule has 3 rings (SSSR count). The molecule has 0 unspecified atom stereocenters. The Hall–Kier alpha value is -2.08. The topological polar surface area (TPSA) is 57.5 Å². The molecule has 1 fully saturated rings.